The van der Waals surface area contributed by atoms with Gasteiger partial charge in [0.25, 0.3) is 10.0 Å². The Bertz CT molecular complexity index is 1020. The summed E-state index contributed by atoms with van der Waals surface area (Å²) in [7, 11) is -0.866. The van der Waals surface area contributed by atoms with E-state index in [1.807, 2.05) is 6.92 Å². The first-order chi connectivity index (χ1) is 12.0. The SMILES string of the molecule is COc1cc(NS(=O)(=O)c2ccc(C)cc2)c(OC)c2nccnc12. The molecular formula is C17H17N3O4S. The molecule has 1 aromatic heterocycles. The second-order valence-corrected chi connectivity index (χ2v) is 7.01. The van der Waals surface area contributed by atoms with Gasteiger partial charge in [-0.25, -0.2) is 18.4 Å². The number of methoxy groups -OCH3 is 2. The van der Waals surface area contributed by atoms with Crippen molar-refractivity contribution in [2.45, 2.75) is 11.8 Å². The quantitative estimate of drug-likeness (QED) is 0.753. The van der Waals surface area contributed by atoms with Gasteiger partial charge < -0.3 is 9.47 Å². The van der Waals surface area contributed by atoms with Crippen molar-refractivity contribution < 1.29 is 17.9 Å². The van der Waals surface area contributed by atoms with Crippen molar-refractivity contribution in [1.29, 1.82) is 0 Å². The Morgan fingerprint density at radius 1 is 0.960 bits per heavy atom. The number of aromatic nitrogens is 2. The molecule has 25 heavy (non-hydrogen) atoms. The highest BCUT2D eigenvalue weighted by Crippen LogP contribution is 2.38. The number of fused-ring (bicyclic) bond motifs is 1. The van der Waals surface area contributed by atoms with E-state index in [1.165, 1.54) is 32.7 Å². The predicted octanol–water partition coefficient (Wildman–Crippen LogP) is 2.76. The maximum absolute atomic E-state index is 12.7. The fourth-order valence-corrected chi connectivity index (χ4v) is 3.49. The van der Waals surface area contributed by atoms with Crippen molar-refractivity contribution in [2.24, 2.45) is 0 Å². The summed E-state index contributed by atoms with van der Waals surface area (Å²) < 4.78 is 38.6. The van der Waals surface area contributed by atoms with Gasteiger partial charge in [-0.1, -0.05) is 17.7 Å². The van der Waals surface area contributed by atoms with E-state index >= 15 is 0 Å². The molecule has 0 spiro atoms. The van der Waals surface area contributed by atoms with Gasteiger partial charge in [0.1, 0.15) is 16.8 Å². The normalized spacial score (nSPS) is 11.3. The number of hydrogen-bond acceptors (Lipinski definition) is 6. The van der Waals surface area contributed by atoms with Gasteiger partial charge in [-0.2, -0.15) is 0 Å². The summed E-state index contributed by atoms with van der Waals surface area (Å²) >= 11 is 0. The molecular weight excluding hydrogens is 342 g/mol. The molecule has 0 saturated carbocycles. The lowest BCUT2D eigenvalue weighted by Crippen LogP contribution is -2.14. The molecule has 7 nitrogen and oxygen atoms in total. The number of nitrogens with zero attached hydrogens (tertiary/aromatic N) is 2. The molecule has 0 atom stereocenters. The highest BCUT2D eigenvalue weighted by molar-refractivity contribution is 7.92. The van der Waals surface area contributed by atoms with Gasteiger partial charge in [-0.15, -0.1) is 0 Å². The van der Waals surface area contributed by atoms with E-state index in [0.717, 1.165) is 5.56 Å². The molecule has 2 aromatic carbocycles. The Morgan fingerprint density at radius 3 is 2.20 bits per heavy atom. The van der Waals surface area contributed by atoms with E-state index in [1.54, 1.807) is 24.3 Å². The van der Waals surface area contributed by atoms with Gasteiger partial charge in [0.15, 0.2) is 5.75 Å². The minimum atomic E-state index is -3.79. The van der Waals surface area contributed by atoms with E-state index in [2.05, 4.69) is 14.7 Å². The maximum Gasteiger partial charge on any atom is 0.262 e. The van der Waals surface area contributed by atoms with Crippen LogP contribution in [0.3, 0.4) is 0 Å². The highest BCUT2D eigenvalue weighted by Gasteiger charge is 2.21. The van der Waals surface area contributed by atoms with Gasteiger partial charge in [-0.3, -0.25) is 4.72 Å². The first kappa shape index (κ1) is 17.0. The van der Waals surface area contributed by atoms with Gasteiger partial charge in [0, 0.05) is 18.5 Å². The molecule has 3 aromatic rings. The van der Waals surface area contributed by atoms with Crippen LogP contribution in [0.4, 0.5) is 5.69 Å². The smallest absolute Gasteiger partial charge is 0.262 e. The van der Waals surface area contributed by atoms with Crippen LogP contribution in [-0.2, 0) is 10.0 Å². The Labute approximate surface area is 145 Å². The molecule has 0 amide bonds. The van der Waals surface area contributed by atoms with Crippen molar-refractivity contribution in [2.75, 3.05) is 18.9 Å². The molecule has 8 heteroatoms. The molecule has 1 heterocycles. The van der Waals surface area contributed by atoms with Crippen LogP contribution in [0.2, 0.25) is 0 Å². The minimum absolute atomic E-state index is 0.151. The van der Waals surface area contributed by atoms with Crippen LogP contribution in [-0.4, -0.2) is 32.6 Å². The number of sulfonamides is 1. The standard InChI is InChI=1S/C17H17N3O4S/c1-11-4-6-12(7-5-11)25(21,22)20-13-10-14(23-2)15-16(17(13)24-3)19-9-8-18-15/h4-10,20H,1-3H3. The summed E-state index contributed by atoms with van der Waals surface area (Å²) in [6, 6.07) is 8.09. The average Bonchev–Trinajstić information content (AvgIpc) is 2.61. The number of anilines is 1. The Morgan fingerprint density at radius 2 is 1.60 bits per heavy atom. The molecule has 0 aliphatic rings. The zero-order valence-electron chi connectivity index (χ0n) is 14.0. The van der Waals surface area contributed by atoms with E-state index in [0.29, 0.717) is 16.8 Å². The monoisotopic (exact) mass is 359 g/mol. The molecule has 130 valence electrons. The van der Waals surface area contributed by atoms with Gasteiger partial charge in [0.05, 0.1) is 24.8 Å². The van der Waals surface area contributed by atoms with Crippen LogP contribution in [0.15, 0.2) is 47.6 Å². The third-order valence-electron chi connectivity index (χ3n) is 3.67. The molecule has 3 rings (SSSR count). The Hall–Kier alpha value is -2.87. The van der Waals surface area contributed by atoms with E-state index < -0.39 is 10.0 Å². The van der Waals surface area contributed by atoms with Crippen LogP contribution in [0.1, 0.15) is 5.56 Å². The topological polar surface area (TPSA) is 90.4 Å². The zero-order valence-corrected chi connectivity index (χ0v) is 14.8. The predicted molar refractivity (Wildman–Crippen MR) is 94.6 cm³/mol. The van der Waals surface area contributed by atoms with Crippen molar-refractivity contribution >= 4 is 26.7 Å². The molecule has 0 saturated heterocycles. The van der Waals surface area contributed by atoms with Crippen LogP contribution in [0.5, 0.6) is 11.5 Å². The van der Waals surface area contributed by atoms with Crippen molar-refractivity contribution in [3.8, 4) is 11.5 Å². The van der Waals surface area contributed by atoms with Crippen LogP contribution in [0.25, 0.3) is 11.0 Å². The molecule has 0 bridgehead atoms. The summed E-state index contributed by atoms with van der Waals surface area (Å²) in [5.41, 5.74) is 2.10. The lowest BCUT2D eigenvalue weighted by atomic mass is 10.2. The number of hydrogen-bond donors (Lipinski definition) is 1. The number of rotatable bonds is 5. The number of nitrogens with one attached hydrogen (secondary N) is 1. The molecule has 0 unspecified atom stereocenters. The summed E-state index contributed by atoms with van der Waals surface area (Å²) in [5, 5.41) is 0. The van der Waals surface area contributed by atoms with Crippen molar-refractivity contribution in [3.05, 3.63) is 48.3 Å². The summed E-state index contributed by atoms with van der Waals surface area (Å²) in [5.74, 6) is 0.671. The first-order valence-corrected chi connectivity index (χ1v) is 8.90. The number of benzene rings is 2. The van der Waals surface area contributed by atoms with E-state index in [9.17, 15) is 8.42 Å². The fraction of sp³-hybridized carbons (Fsp3) is 0.176. The summed E-state index contributed by atoms with van der Waals surface area (Å²) in [6.07, 6.45) is 3.03. The third kappa shape index (κ3) is 3.20. The van der Waals surface area contributed by atoms with Crippen molar-refractivity contribution in [3.63, 3.8) is 0 Å². The highest BCUT2D eigenvalue weighted by atomic mass is 32.2. The lowest BCUT2D eigenvalue weighted by Gasteiger charge is -2.15. The zero-order chi connectivity index (χ0) is 18.0. The molecule has 0 fully saturated rings. The minimum Gasteiger partial charge on any atom is -0.494 e. The largest absolute Gasteiger partial charge is 0.494 e. The van der Waals surface area contributed by atoms with Crippen LogP contribution < -0.4 is 14.2 Å². The van der Waals surface area contributed by atoms with Crippen LogP contribution >= 0.6 is 0 Å². The summed E-state index contributed by atoms with van der Waals surface area (Å²) in [6.45, 7) is 1.89. The molecule has 0 aliphatic carbocycles. The van der Waals surface area contributed by atoms with E-state index in [4.69, 9.17) is 9.47 Å². The third-order valence-corrected chi connectivity index (χ3v) is 5.05. The summed E-state index contributed by atoms with van der Waals surface area (Å²) in [4.78, 5) is 8.61. The van der Waals surface area contributed by atoms with Gasteiger partial charge in [0.2, 0.25) is 0 Å². The molecule has 0 aliphatic heterocycles. The van der Waals surface area contributed by atoms with E-state index in [-0.39, 0.29) is 16.3 Å². The van der Waals surface area contributed by atoms with Crippen LogP contribution in [0, 0.1) is 6.92 Å². The molecule has 0 radical (unpaired) electrons. The van der Waals surface area contributed by atoms with Gasteiger partial charge >= 0.3 is 0 Å². The second-order valence-electron chi connectivity index (χ2n) is 5.33. The average molecular weight is 359 g/mol. The molecule has 1 N–H and O–H groups in total. The lowest BCUT2D eigenvalue weighted by molar-refractivity contribution is 0.410. The Kier molecular flexibility index (Phi) is 4.45. The van der Waals surface area contributed by atoms with Gasteiger partial charge in [-0.05, 0) is 19.1 Å². The maximum atomic E-state index is 12.7. The second kappa shape index (κ2) is 6.56. The van der Waals surface area contributed by atoms with Crippen molar-refractivity contribution in [1.82, 2.24) is 9.97 Å². The number of aryl methyl sites for hydroxylation is 1. The Balaban J connectivity index is 2.13. The fourth-order valence-electron chi connectivity index (χ4n) is 2.44. The number of ether oxygens (including phenoxy) is 2. The first-order valence-electron chi connectivity index (χ1n) is 7.41.